The molecule has 0 atom stereocenters. The summed E-state index contributed by atoms with van der Waals surface area (Å²) in [6.45, 7) is 1.98. The summed E-state index contributed by atoms with van der Waals surface area (Å²) >= 11 is 1.53. The molecule has 0 unspecified atom stereocenters. The molecular weight excluding hydrogens is 348 g/mol. The van der Waals surface area contributed by atoms with Crippen molar-refractivity contribution in [3.63, 3.8) is 0 Å². The van der Waals surface area contributed by atoms with Crippen LogP contribution in [0.5, 0.6) is 5.75 Å². The molecule has 2 aromatic rings. The maximum absolute atomic E-state index is 14.3. The van der Waals surface area contributed by atoms with Crippen LogP contribution in [0.4, 0.5) is 8.78 Å². The van der Waals surface area contributed by atoms with E-state index in [1.807, 2.05) is 6.92 Å². The van der Waals surface area contributed by atoms with Crippen LogP contribution in [0.1, 0.15) is 26.2 Å². The van der Waals surface area contributed by atoms with Gasteiger partial charge in [-0.2, -0.15) is 0 Å². The lowest BCUT2D eigenvalue weighted by Crippen LogP contribution is -2.05. The lowest BCUT2D eigenvalue weighted by molar-refractivity contribution is -0.137. The van der Waals surface area contributed by atoms with Crippen molar-refractivity contribution in [1.29, 1.82) is 0 Å². The highest BCUT2D eigenvalue weighted by atomic mass is 32.2. The predicted octanol–water partition coefficient (Wildman–Crippen LogP) is 4.77. The number of carboxylic acid groups (broad SMARTS) is 1. The Morgan fingerprint density at radius 1 is 1.32 bits per heavy atom. The molecule has 25 heavy (non-hydrogen) atoms. The van der Waals surface area contributed by atoms with Gasteiger partial charge in [0.2, 0.25) is 0 Å². The average molecular weight is 367 g/mol. The smallest absolute Gasteiger partial charge is 0.303 e. The second-order valence-electron chi connectivity index (χ2n) is 5.32. The van der Waals surface area contributed by atoms with Crippen molar-refractivity contribution < 1.29 is 23.4 Å². The molecule has 0 spiro atoms. The molecule has 0 amide bonds. The number of hydrogen-bond acceptors (Lipinski definition) is 4. The van der Waals surface area contributed by atoms with Crippen LogP contribution in [0.15, 0.2) is 35.5 Å². The fourth-order valence-electron chi connectivity index (χ4n) is 2.18. The molecule has 4 nitrogen and oxygen atoms in total. The molecule has 2 rings (SSSR count). The number of hydrogen-bond donors (Lipinski definition) is 1. The number of aromatic nitrogens is 1. The highest BCUT2D eigenvalue weighted by molar-refractivity contribution is 7.99. The first-order valence-corrected chi connectivity index (χ1v) is 8.93. The molecule has 0 bridgehead atoms. The number of carbonyl (C=O) groups is 1. The van der Waals surface area contributed by atoms with E-state index < -0.39 is 23.4 Å². The summed E-state index contributed by atoms with van der Waals surface area (Å²) in [5.41, 5.74) is 1.05. The summed E-state index contributed by atoms with van der Waals surface area (Å²) in [6, 6.07) is 5.91. The lowest BCUT2D eigenvalue weighted by Gasteiger charge is -2.12. The van der Waals surface area contributed by atoms with E-state index in [1.54, 1.807) is 18.3 Å². The Morgan fingerprint density at radius 3 is 2.68 bits per heavy atom. The van der Waals surface area contributed by atoms with Gasteiger partial charge in [0.05, 0.1) is 6.61 Å². The first kappa shape index (κ1) is 19.2. The van der Waals surface area contributed by atoms with Gasteiger partial charge in [0.1, 0.15) is 5.03 Å². The minimum Gasteiger partial charge on any atom is -0.488 e. The predicted molar refractivity (Wildman–Crippen MR) is 93.0 cm³/mol. The summed E-state index contributed by atoms with van der Waals surface area (Å²) in [5, 5.41) is 9.28. The van der Waals surface area contributed by atoms with Crippen LogP contribution in [0.3, 0.4) is 0 Å². The number of benzene rings is 1. The fourth-order valence-corrected chi connectivity index (χ4v) is 3.05. The summed E-state index contributed by atoms with van der Waals surface area (Å²) in [7, 11) is 0. The molecule has 1 N–H and O–H groups in total. The van der Waals surface area contributed by atoms with Crippen molar-refractivity contribution in [2.45, 2.75) is 31.2 Å². The molecule has 0 aliphatic heterocycles. The Balaban J connectivity index is 2.20. The molecule has 0 aliphatic rings. The van der Waals surface area contributed by atoms with Crippen LogP contribution < -0.4 is 4.74 Å². The maximum atomic E-state index is 14.3. The van der Waals surface area contributed by atoms with Crippen molar-refractivity contribution in [3.05, 3.63) is 42.1 Å². The topological polar surface area (TPSA) is 59.4 Å². The van der Waals surface area contributed by atoms with E-state index in [-0.39, 0.29) is 19.4 Å². The van der Waals surface area contributed by atoms with Gasteiger partial charge in [-0.1, -0.05) is 13.0 Å². The van der Waals surface area contributed by atoms with Crippen LogP contribution in [-0.2, 0) is 4.79 Å². The third-order valence-corrected chi connectivity index (χ3v) is 4.52. The van der Waals surface area contributed by atoms with Crippen LogP contribution >= 0.6 is 11.8 Å². The van der Waals surface area contributed by atoms with Crippen molar-refractivity contribution in [2.24, 2.45) is 0 Å². The Labute approximate surface area is 149 Å². The number of halogens is 2. The molecule has 7 heteroatoms. The summed E-state index contributed by atoms with van der Waals surface area (Å²) in [4.78, 5) is 14.7. The van der Waals surface area contributed by atoms with E-state index in [0.29, 0.717) is 11.1 Å². The van der Waals surface area contributed by atoms with Gasteiger partial charge in [-0.15, -0.1) is 11.8 Å². The highest BCUT2D eigenvalue weighted by Gasteiger charge is 2.16. The molecule has 0 radical (unpaired) electrons. The van der Waals surface area contributed by atoms with Gasteiger partial charge >= 0.3 is 5.97 Å². The second kappa shape index (κ2) is 9.36. The van der Waals surface area contributed by atoms with E-state index in [9.17, 15) is 13.6 Å². The zero-order valence-electron chi connectivity index (χ0n) is 13.8. The van der Waals surface area contributed by atoms with Gasteiger partial charge in [0.25, 0.3) is 0 Å². The molecule has 0 aliphatic carbocycles. The van der Waals surface area contributed by atoms with Gasteiger partial charge in [-0.3, -0.25) is 4.79 Å². The Hall–Kier alpha value is -2.15. The molecular formula is C18H19F2NO3S. The van der Waals surface area contributed by atoms with Crippen molar-refractivity contribution in [2.75, 3.05) is 12.4 Å². The normalized spacial score (nSPS) is 10.7. The Kier molecular flexibility index (Phi) is 7.18. The molecule has 1 aromatic heterocycles. The maximum Gasteiger partial charge on any atom is 0.303 e. The van der Waals surface area contributed by atoms with Gasteiger partial charge in [0.15, 0.2) is 17.4 Å². The van der Waals surface area contributed by atoms with E-state index in [0.717, 1.165) is 17.2 Å². The van der Waals surface area contributed by atoms with Crippen molar-refractivity contribution in [3.8, 4) is 16.9 Å². The molecule has 0 saturated carbocycles. The number of nitrogens with zero attached hydrogens (tertiary/aromatic N) is 1. The number of pyridine rings is 1. The zero-order valence-corrected chi connectivity index (χ0v) is 14.6. The van der Waals surface area contributed by atoms with Gasteiger partial charge in [-0.05, 0) is 42.4 Å². The summed E-state index contributed by atoms with van der Waals surface area (Å²) < 4.78 is 33.6. The Morgan fingerprint density at radius 2 is 2.04 bits per heavy atom. The average Bonchev–Trinajstić information content (AvgIpc) is 2.58. The second-order valence-corrected chi connectivity index (χ2v) is 6.40. The number of thioether (sulfide) groups is 1. The summed E-state index contributed by atoms with van der Waals surface area (Å²) in [6.07, 6.45) is 2.67. The minimum absolute atomic E-state index is 0.0655. The van der Waals surface area contributed by atoms with E-state index in [1.165, 1.54) is 23.9 Å². The first-order chi connectivity index (χ1) is 12.0. The number of rotatable bonds is 9. The molecule has 1 heterocycles. The molecule has 1 aromatic carbocycles. The molecule has 0 saturated heterocycles. The molecule has 134 valence electrons. The SMILES string of the molecule is CCCSc1ncccc1-c1cc(F)c(OCCCC(=O)O)c(F)c1. The summed E-state index contributed by atoms with van der Waals surface area (Å²) in [5.74, 6) is -2.24. The van der Waals surface area contributed by atoms with Crippen LogP contribution in [0.25, 0.3) is 11.1 Å². The Bertz CT molecular complexity index is 717. The van der Waals surface area contributed by atoms with Crippen molar-refractivity contribution in [1.82, 2.24) is 4.98 Å². The first-order valence-electron chi connectivity index (χ1n) is 7.94. The monoisotopic (exact) mass is 367 g/mol. The van der Waals surface area contributed by atoms with E-state index in [2.05, 4.69) is 4.98 Å². The van der Waals surface area contributed by atoms with Gasteiger partial charge < -0.3 is 9.84 Å². The minimum atomic E-state index is -0.978. The number of ether oxygens (including phenoxy) is 1. The van der Waals surface area contributed by atoms with Crippen LogP contribution in [0, 0.1) is 11.6 Å². The lowest BCUT2D eigenvalue weighted by atomic mass is 10.1. The fraction of sp³-hybridized carbons (Fsp3) is 0.333. The molecule has 0 fully saturated rings. The van der Waals surface area contributed by atoms with E-state index >= 15 is 0 Å². The van der Waals surface area contributed by atoms with E-state index in [4.69, 9.17) is 9.84 Å². The van der Waals surface area contributed by atoms with Gasteiger partial charge in [-0.25, -0.2) is 13.8 Å². The van der Waals surface area contributed by atoms with Gasteiger partial charge in [0, 0.05) is 18.2 Å². The zero-order chi connectivity index (χ0) is 18.2. The third-order valence-electron chi connectivity index (χ3n) is 3.30. The van der Waals surface area contributed by atoms with Crippen LogP contribution in [0.2, 0.25) is 0 Å². The van der Waals surface area contributed by atoms with Crippen LogP contribution in [-0.4, -0.2) is 28.4 Å². The largest absolute Gasteiger partial charge is 0.488 e. The highest BCUT2D eigenvalue weighted by Crippen LogP contribution is 2.34. The quantitative estimate of drug-likeness (QED) is 0.511. The third kappa shape index (κ3) is 5.42. The number of aliphatic carboxylic acids is 1. The standard InChI is InChI=1S/C18H19F2NO3S/c1-2-9-25-18-13(5-3-7-21-18)12-10-14(19)17(15(20)11-12)24-8-4-6-16(22)23/h3,5,7,10-11H,2,4,6,8-9H2,1H3,(H,22,23). The van der Waals surface area contributed by atoms with Crippen molar-refractivity contribution >= 4 is 17.7 Å². The number of carboxylic acids is 1.